The summed E-state index contributed by atoms with van der Waals surface area (Å²) in [5, 5.41) is 4.68. The van der Waals surface area contributed by atoms with Gasteiger partial charge in [0.25, 0.3) is 5.91 Å². The van der Waals surface area contributed by atoms with Crippen LogP contribution >= 0.6 is 0 Å². The van der Waals surface area contributed by atoms with Gasteiger partial charge in [-0.05, 0) is 52.2 Å². The average Bonchev–Trinajstić information content (AvgIpc) is 2.77. The first-order chi connectivity index (χ1) is 14.4. The van der Waals surface area contributed by atoms with Crippen molar-refractivity contribution in [2.75, 3.05) is 6.26 Å². The van der Waals surface area contributed by atoms with E-state index in [0.717, 1.165) is 27.6 Å². The second kappa shape index (κ2) is 8.08. The predicted molar refractivity (Wildman–Crippen MR) is 118 cm³/mol. The van der Waals surface area contributed by atoms with Crippen molar-refractivity contribution in [3.05, 3.63) is 96.3 Å². The Balaban J connectivity index is 1.68. The lowest BCUT2D eigenvalue weighted by molar-refractivity contribution is 0.0952. The molecule has 1 amide bonds. The third-order valence-electron chi connectivity index (χ3n) is 4.92. The lowest BCUT2D eigenvalue weighted by Gasteiger charge is -2.12. The lowest BCUT2D eigenvalue weighted by Crippen LogP contribution is -2.23. The van der Waals surface area contributed by atoms with Crippen LogP contribution in [0.2, 0.25) is 0 Å². The fraction of sp³-hybridized carbons (Fsp3) is 0.0833. The summed E-state index contributed by atoms with van der Waals surface area (Å²) in [6, 6.07) is 23.8. The van der Waals surface area contributed by atoms with Crippen molar-refractivity contribution in [2.24, 2.45) is 0 Å². The van der Waals surface area contributed by atoms with Crippen LogP contribution in [-0.2, 0) is 16.4 Å². The van der Waals surface area contributed by atoms with Gasteiger partial charge in [-0.1, -0.05) is 48.5 Å². The highest BCUT2D eigenvalue weighted by Crippen LogP contribution is 2.31. The maximum absolute atomic E-state index is 12.8. The number of fused-ring (bicyclic) bond motifs is 1. The Kier molecular flexibility index (Phi) is 5.33. The quantitative estimate of drug-likeness (QED) is 0.528. The van der Waals surface area contributed by atoms with Gasteiger partial charge in [0.15, 0.2) is 9.84 Å². The molecule has 0 atom stereocenters. The van der Waals surface area contributed by atoms with E-state index in [2.05, 4.69) is 10.3 Å². The number of hydrogen-bond acceptors (Lipinski definition) is 4. The molecule has 4 aromatic rings. The Bertz CT molecular complexity index is 1320. The molecular weight excluding hydrogens is 396 g/mol. The third-order valence-corrected chi connectivity index (χ3v) is 6.04. The van der Waals surface area contributed by atoms with Crippen LogP contribution in [-0.4, -0.2) is 25.6 Å². The van der Waals surface area contributed by atoms with Crippen molar-refractivity contribution in [2.45, 2.75) is 11.4 Å². The van der Waals surface area contributed by atoms with Gasteiger partial charge < -0.3 is 5.32 Å². The Hall–Kier alpha value is -3.51. The molecule has 0 unspecified atom stereocenters. The number of benzene rings is 3. The molecule has 0 aliphatic carbocycles. The SMILES string of the molecule is CS(=O)(=O)c1ccc(-c2cccc3c(C(=O)NCc4ccccn4)cccc23)cc1. The first-order valence-electron chi connectivity index (χ1n) is 9.44. The van der Waals surface area contributed by atoms with Gasteiger partial charge in [0, 0.05) is 18.0 Å². The number of nitrogens with zero attached hydrogens (tertiary/aromatic N) is 1. The zero-order chi connectivity index (χ0) is 21.1. The van der Waals surface area contributed by atoms with Crippen molar-refractivity contribution in [3.63, 3.8) is 0 Å². The normalized spacial score (nSPS) is 11.4. The highest BCUT2D eigenvalue weighted by atomic mass is 32.2. The molecular formula is C24H20N2O3S. The summed E-state index contributed by atoms with van der Waals surface area (Å²) in [7, 11) is -3.25. The highest BCUT2D eigenvalue weighted by molar-refractivity contribution is 7.90. The third kappa shape index (κ3) is 4.09. The van der Waals surface area contributed by atoms with Crippen LogP contribution in [0, 0.1) is 0 Å². The molecule has 5 nitrogen and oxygen atoms in total. The van der Waals surface area contributed by atoms with Crippen molar-refractivity contribution >= 4 is 26.5 Å². The van der Waals surface area contributed by atoms with Crippen LogP contribution < -0.4 is 5.32 Å². The van der Waals surface area contributed by atoms with Crippen molar-refractivity contribution in [1.82, 2.24) is 10.3 Å². The molecule has 150 valence electrons. The van der Waals surface area contributed by atoms with Crippen LogP contribution in [0.15, 0.2) is 90.0 Å². The highest BCUT2D eigenvalue weighted by Gasteiger charge is 2.13. The molecule has 1 heterocycles. The van der Waals surface area contributed by atoms with Gasteiger partial charge in [-0.25, -0.2) is 8.42 Å². The number of carbonyl (C=O) groups excluding carboxylic acids is 1. The molecule has 0 saturated heterocycles. The largest absolute Gasteiger partial charge is 0.346 e. The smallest absolute Gasteiger partial charge is 0.252 e. The molecule has 4 rings (SSSR count). The van der Waals surface area contributed by atoms with Crippen molar-refractivity contribution < 1.29 is 13.2 Å². The second-order valence-corrected chi connectivity index (χ2v) is 9.02. The molecule has 0 saturated carbocycles. The van der Waals surface area contributed by atoms with Crippen LogP contribution in [0.5, 0.6) is 0 Å². The topological polar surface area (TPSA) is 76.1 Å². The van der Waals surface area contributed by atoms with E-state index in [1.54, 1.807) is 36.5 Å². The summed E-state index contributed by atoms with van der Waals surface area (Å²) in [5.41, 5.74) is 3.20. The molecule has 0 spiro atoms. The Morgan fingerprint density at radius 3 is 2.30 bits per heavy atom. The molecule has 0 fully saturated rings. The van der Waals surface area contributed by atoms with Crippen molar-refractivity contribution in [3.8, 4) is 11.1 Å². The number of pyridine rings is 1. The summed E-state index contributed by atoms with van der Waals surface area (Å²) >= 11 is 0. The molecule has 1 aromatic heterocycles. The van der Waals surface area contributed by atoms with E-state index in [1.807, 2.05) is 48.5 Å². The second-order valence-electron chi connectivity index (χ2n) is 7.01. The maximum atomic E-state index is 12.8. The molecule has 6 heteroatoms. The van der Waals surface area contributed by atoms with Gasteiger partial charge in [-0.3, -0.25) is 9.78 Å². The summed E-state index contributed by atoms with van der Waals surface area (Å²) < 4.78 is 23.5. The predicted octanol–water partition coefficient (Wildman–Crippen LogP) is 4.24. The molecule has 0 radical (unpaired) electrons. The van der Waals surface area contributed by atoms with Crippen LogP contribution in [0.1, 0.15) is 16.1 Å². The fourth-order valence-corrected chi connectivity index (χ4v) is 4.04. The Morgan fingerprint density at radius 2 is 1.60 bits per heavy atom. The first-order valence-corrected chi connectivity index (χ1v) is 11.3. The minimum Gasteiger partial charge on any atom is -0.346 e. The van der Waals surface area contributed by atoms with Gasteiger partial charge in [0.05, 0.1) is 17.1 Å². The number of nitrogens with one attached hydrogen (secondary N) is 1. The molecule has 0 aliphatic rings. The van der Waals surface area contributed by atoms with Gasteiger partial charge in [-0.2, -0.15) is 0 Å². The summed E-state index contributed by atoms with van der Waals surface area (Å²) in [4.78, 5) is 17.3. The van der Waals surface area contributed by atoms with Crippen LogP contribution in [0.25, 0.3) is 21.9 Å². The average molecular weight is 417 g/mol. The Labute approximate surface area is 175 Å². The number of carbonyl (C=O) groups is 1. The van der Waals surface area contributed by atoms with Gasteiger partial charge in [0.1, 0.15) is 0 Å². The summed E-state index contributed by atoms with van der Waals surface area (Å²) in [6.07, 6.45) is 2.89. The molecule has 1 N–H and O–H groups in total. The minimum atomic E-state index is -3.25. The maximum Gasteiger partial charge on any atom is 0.252 e. The number of hydrogen-bond donors (Lipinski definition) is 1. The lowest BCUT2D eigenvalue weighted by atomic mass is 9.95. The number of sulfone groups is 1. The number of amides is 1. The zero-order valence-corrected chi connectivity index (χ0v) is 17.2. The van der Waals surface area contributed by atoms with E-state index >= 15 is 0 Å². The fourth-order valence-electron chi connectivity index (χ4n) is 3.41. The van der Waals surface area contributed by atoms with Gasteiger partial charge in [-0.15, -0.1) is 0 Å². The van der Waals surface area contributed by atoms with E-state index in [0.29, 0.717) is 12.1 Å². The van der Waals surface area contributed by atoms with Crippen molar-refractivity contribution in [1.29, 1.82) is 0 Å². The van der Waals surface area contributed by atoms with E-state index in [9.17, 15) is 13.2 Å². The van der Waals surface area contributed by atoms with E-state index in [1.165, 1.54) is 6.26 Å². The number of rotatable bonds is 5. The minimum absolute atomic E-state index is 0.171. The summed E-state index contributed by atoms with van der Waals surface area (Å²) in [5.74, 6) is -0.171. The number of aromatic nitrogens is 1. The van der Waals surface area contributed by atoms with Gasteiger partial charge >= 0.3 is 0 Å². The standard InChI is InChI=1S/C24H20N2O3S/c1-30(28,29)19-13-11-17(12-14-19)20-7-4-9-22-21(20)8-5-10-23(22)24(27)26-16-18-6-2-3-15-25-18/h2-15H,16H2,1H3,(H,26,27). The van der Waals surface area contributed by atoms with Gasteiger partial charge in [0.2, 0.25) is 0 Å². The van der Waals surface area contributed by atoms with E-state index in [4.69, 9.17) is 0 Å². The van der Waals surface area contributed by atoms with Crippen LogP contribution in [0.4, 0.5) is 0 Å². The molecule has 0 aliphatic heterocycles. The van der Waals surface area contributed by atoms with E-state index < -0.39 is 9.84 Å². The first kappa shape index (κ1) is 19.8. The molecule has 30 heavy (non-hydrogen) atoms. The Morgan fingerprint density at radius 1 is 0.867 bits per heavy atom. The van der Waals surface area contributed by atoms with Crippen LogP contribution in [0.3, 0.4) is 0 Å². The summed E-state index contributed by atoms with van der Waals surface area (Å²) in [6.45, 7) is 0.350. The molecule has 0 bridgehead atoms. The van der Waals surface area contributed by atoms with E-state index in [-0.39, 0.29) is 10.8 Å². The zero-order valence-electron chi connectivity index (χ0n) is 16.4. The molecule has 3 aromatic carbocycles. The monoisotopic (exact) mass is 416 g/mol.